The molecular weight excluding hydrogens is 757 g/mol. The number of hydrogen-bond acceptors (Lipinski definition) is 4. The Labute approximate surface area is 355 Å². The highest BCUT2D eigenvalue weighted by Crippen LogP contribution is 2.44. The molecule has 0 aliphatic rings. The van der Waals surface area contributed by atoms with Crippen LogP contribution in [-0.4, -0.2) is 19.5 Å². The van der Waals surface area contributed by atoms with E-state index in [1.807, 2.05) is 60.7 Å². The molecule has 13 rings (SSSR count). The number of nitrogens with zero attached hydrogens (tertiary/aromatic N) is 4. The highest BCUT2D eigenvalue weighted by atomic mass is 16.3. The Bertz CT molecular complexity index is 3760. The van der Waals surface area contributed by atoms with Gasteiger partial charge in [-0.2, -0.15) is 0 Å². The molecule has 0 unspecified atom stereocenters. The predicted octanol–water partition coefficient (Wildman–Crippen LogP) is 15.0. The van der Waals surface area contributed by atoms with Gasteiger partial charge in [-0.1, -0.05) is 158 Å². The Morgan fingerprint density at radius 3 is 1.42 bits per heavy atom. The van der Waals surface area contributed by atoms with Gasteiger partial charge in [0, 0.05) is 43.7 Å². The number of hydrogen-bond donors (Lipinski definition) is 0. The van der Waals surface area contributed by atoms with Crippen molar-refractivity contribution in [1.29, 1.82) is 0 Å². The third kappa shape index (κ3) is 5.38. The molecule has 0 fully saturated rings. The second-order valence-electron chi connectivity index (χ2n) is 16.0. The lowest BCUT2D eigenvalue weighted by atomic mass is 9.96. The van der Waals surface area contributed by atoms with Crippen molar-refractivity contribution in [3.63, 3.8) is 0 Å². The predicted molar refractivity (Wildman–Crippen MR) is 256 cm³/mol. The van der Waals surface area contributed by atoms with Gasteiger partial charge < -0.3 is 8.98 Å². The molecule has 3 aromatic heterocycles. The third-order valence-electron chi connectivity index (χ3n) is 12.4. The number of benzene rings is 10. The Morgan fingerprint density at radius 2 is 0.823 bits per heavy atom. The summed E-state index contributed by atoms with van der Waals surface area (Å²) in [6.45, 7) is 0. The summed E-state index contributed by atoms with van der Waals surface area (Å²) in [4.78, 5) is 15.2. The molecule has 10 aromatic carbocycles. The van der Waals surface area contributed by atoms with Gasteiger partial charge in [-0.3, -0.25) is 0 Å². The molecule has 62 heavy (non-hydrogen) atoms. The summed E-state index contributed by atoms with van der Waals surface area (Å²) in [5, 5.41) is 11.6. The van der Waals surface area contributed by atoms with E-state index in [-0.39, 0.29) is 0 Å². The van der Waals surface area contributed by atoms with Crippen LogP contribution in [-0.2, 0) is 0 Å². The monoisotopic (exact) mass is 790 g/mol. The van der Waals surface area contributed by atoms with Gasteiger partial charge in [0.2, 0.25) is 0 Å². The molecule has 13 aromatic rings. The molecule has 0 atom stereocenters. The minimum Gasteiger partial charge on any atom is -0.455 e. The van der Waals surface area contributed by atoms with E-state index in [0.717, 1.165) is 66.2 Å². The fourth-order valence-electron chi connectivity index (χ4n) is 9.41. The second-order valence-corrected chi connectivity index (χ2v) is 16.0. The SMILES string of the molecule is c1ccc(-c2nc(-c3ccccc3)nc(-c3ccc(-c4ccc(-n5c6cc7ccccc7cc6c6cc7ccccc7cc65)cc4)c4c3oc3c5ccccc5ccc34)n2)cc1. The summed E-state index contributed by atoms with van der Waals surface area (Å²) in [5.41, 5.74) is 9.85. The van der Waals surface area contributed by atoms with E-state index in [1.165, 1.54) is 43.4 Å². The van der Waals surface area contributed by atoms with Crippen LogP contribution < -0.4 is 0 Å². The van der Waals surface area contributed by atoms with Crippen molar-refractivity contribution in [2.24, 2.45) is 0 Å². The minimum absolute atomic E-state index is 0.555. The van der Waals surface area contributed by atoms with Crippen molar-refractivity contribution >= 4 is 76.1 Å². The zero-order valence-corrected chi connectivity index (χ0v) is 33.3. The van der Waals surface area contributed by atoms with Crippen molar-refractivity contribution in [2.45, 2.75) is 0 Å². The lowest BCUT2D eigenvalue weighted by Gasteiger charge is -2.12. The van der Waals surface area contributed by atoms with Crippen LogP contribution in [0.15, 0.2) is 211 Å². The Kier molecular flexibility index (Phi) is 7.54. The molecule has 288 valence electrons. The maximum atomic E-state index is 7.05. The topological polar surface area (TPSA) is 56.7 Å². The second kappa shape index (κ2) is 13.6. The highest BCUT2D eigenvalue weighted by Gasteiger charge is 2.22. The summed E-state index contributed by atoms with van der Waals surface area (Å²) in [6, 6.07) is 72.9. The van der Waals surface area contributed by atoms with Crippen molar-refractivity contribution in [1.82, 2.24) is 19.5 Å². The van der Waals surface area contributed by atoms with Crippen LogP contribution in [0, 0.1) is 0 Å². The normalized spacial score (nSPS) is 11.9. The number of aromatic nitrogens is 4. The maximum absolute atomic E-state index is 7.05. The molecule has 0 aliphatic heterocycles. The van der Waals surface area contributed by atoms with Gasteiger partial charge in [0.25, 0.3) is 0 Å². The Morgan fingerprint density at radius 1 is 0.323 bits per heavy atom. The van der Waals surface area contributed by atoms with Crippen molar-refractivity contribution in [3.8, 4) is 51.0 Å². The molecule has 5 nitrogen and oxygen atoms in total. The molecule has 0 saturated carbocycles. The van der Waals surface area contributed by atoms with E-state index >= 15 is 0 Å². The highest BCUT2D eigenvalue weighted by molar-refractivity contribution is 6.21. The zero-order valence-electron chi connectivity index (χ0n) is 33.3. The summed E-state index contributed by atoms with van der Waals surface area (Å²) in [5.74, 6) is 1.77. The zero-order chi connectivity index (χ0) is 40.7. The van der Waals surface area contributed by atoms with Crippen LogP contribution in [0.25, 0.3) is 127 Å². The van der Waals surface area contributed by atoms with Crippen LogP contribution in [0.4, 0.5) is 0 Å². The summed E-state index contributed by atoms with van der Waals surface area (Å²) in [7, 11) is 0. The molecule has 3 heterocycles. The van der Waals surface area contributed by atoms with E-state index in [0.29, 0.717) is 17.5 Å². The van der Waals surface area contributed by atoms with Gasteiger partial charge >= 0.3 is 0 Å². The Balaban J connectivity index is 1.03. The van der Waals surface area contributed by atoms with Crippen LogP contribution in [0.1, 0.15) is 0 Å². The largest absolute Gasteiger partial charge is 0.455 e. The van der Waals surface area contributed by atoms with Gasteiger partial charge in [-0.25, -0.2) is 15.0 Å². The molecule has 0 bridgehead atoms. The lowest BCUT2D eigenvalue weighted by Crippen LogP contribution is -2.00. The van der Waals surface area contributed by atoms with Gasteiger partial charge in [0.05, 0.1) is 16.6 Å². The van der Waals surface area contributed by atoms with Crippen LogP contribution in [0.2, 0.25) is 0 Å². The van der Waals surface area contributed by atoms with E-state index in [1.54, 1.807) is 0 Å². The average Bonchev–Trinajstić information content (AvgIpc) is 3.88. The van der Waals surface area contributed by atoms with Crippen molar-refractivity contribution in [2.75, 3.05) is 0 Å². The lowest BCUT2D eigenvalue weighted by molar-refractivity contribution is 0.673. The molecule has 0 saturated heterocycles. The van der Waals surface area contributed by atoms with Gasteiger partial charge in [-0.05, 0) is 86.6 Å². The first-order valence-electron chi connectivity index (χ1n) is 20.9. The van der Waals surface area contributed by atoms with Crippen molar-refractivity contribution < 1.29 is 4.42 Å². The number of fused-ring (bicyclic) bond motifs is 10. The van der Waals surface area contributed by atoms with Crippen LogP contribution in [0.3, 0.4) is 0 Å². The summed E-state index contributed by atoms with van der Waals surface area (Å²) in [6.07, 6.45) is 0. The molecular formula is C57H34N4O. The minimum atomic E-state index is 0.555. The average molecular weight is 791 g/mol. The first-order chi connectivity index (χ1) is 30.7. The molecule has 5 heteroatoms. The van der Waals surface area contributed by atoms with Gasteiger partial charge in [0.1, 0.15) is 11.2 Å². The van der Waals surface area contributed by atoms with E-state index in [2.05, 4.69) is 150 Å². The first kappa shape index (κ1) is 34.5. The van der Waals surface area contributed by atoms with Crippen LogP contribution >= 0.6 is 0 Å². The van der Waals surface area contributed by atoms with Gasteiger partial charge in [0.15, 0.2) is 17.5 Å². The van der Waals surface area contributed by atoms with Crippen LogP contribution in [0.5, 0.6) is 0 Å². The summed E-state index contributed by atoms with van der Waals surface area (Å²) < 4.78 is 9.47. The molecule has 0 spiro atoms. The smallest absolute Gasteiger partial charge is 0.167 e. The van der Waals surface area contributed by atoms with Gasteiger partial charge in [-0.15, -0.1) is 0 Å². The summed E-state index contributed by atoms with van der Waals surface area (Å²) >= 11 is 0. The van der Waals surface area contributed by atoms with E-state index in [4.69, 9.17) is 19.4 Å². The fraction of sp³-hybridized carbons (Fsp3) is 0. The van der Waals surface area contributed by atoms with E-state index < -0.39 is 0 Å². The quantitative estimate of drug-likeness (QED) is 0.174. The maximum Gasteiger partial charge on any atom is 0.167 e. The third-order valence-corrected chi connectivity index (χ3v) is 12.4. The molecule has 0 amide bonds. The molecule has 0 aliphatic carbocycles. The number of furan rings is 1. The standard InChI is InChI=1S/C57H34N4O/c1-3-14-37(15-4-1)55-58-56(38-16-5-2-6-17-38)60-57(59-55)47-30-29-44(52-46-28-25-35-13-11-12-22-45(35)53(46)62-54(47)52)36-23-26-43(27-24-36)61-50-33-41-20-9-7-18-39(41)31-48(50)49-32-40-19-8-10-21-42(40)34-51(49)61/h1-34H. The van der Waals surface area contributed by atoms with Crippen molar-refractivity contribution in [3.05, 3.63) is 206 Å². The van der Waals surface area contributed by atoms with E-state index in [9.17, 15) is 0 Å². The first-order valence-corrected chi connectivity index (χ1v) is 20.9. The number of rotatable bonds is 5. The molecule has 0 N–H and O–H groups in total. The molecule has 0 radical (unpaired) electrons. The fourth-order valence-corrected chi connectivity index (χ4v) is 9.41. The Hall–Kier alpha value is -8.41.